The van der Waals surface area contributed by atoms with Crippen LogP contribution in [0.1, 0.15) is 13.3 Å². The summed E-state index contributed by atoms with van der Waals surface area (Å²) in [6, 6.07) is 0. The molecule has 62 valence electrons. The minimum absolute atomic E-state index is 0.280. The highest BCUT2D eigenvalue weighted by atomic mass is 19.3. The predicted octanol–water partition coefficient (Wildman–Crippen LogP) is 2.19. The SMILES string of the molecule is C=C(C)CC(C(=O)O)=C(F)F. The Labute approximate surface area is 62.8 Å². The van der Waals surface area contributed by atoms with E-state index in [9.17, 15) is 13.6 Å². The summed E-state index contributed by atoms with van der Waals surface area (Å²) in [4.78, 5) is 10.1. The zero-order valence-corrected chi connectivity index (χ0v) is 6.03. The van der Waals surface area contributed by atoms with Crippen molar-refractivity contribution in [2.45, 2.75) is 13.3 Å². The Bertz CT molecular complexity index is 214. The van der Waals surface area contributed by atoms with E-state index >= 15 is 0 Å². The Balaban J connectivity index is 4.52. The summed E-state index contributed by atoms with van der Waals surface area (Å²) in [7, 11) is 0. The smallest absolute Gasteiger partial charge is 0.337 e. The number of halogens is 2. The van der Waals surface area contributed by atoms with Gasteiger partial charge in [0.05, 0.1) is 0 Å². The average molecular weight is 162 g/mol. The molecule has 0 unspecified atom stereocenters. The lowest BCUT2D eigenvalue weighted by molar-refractivity contribution is -0.133. The van der Waals surface area contributed by atoms with E-state index in [2.05, 4.69) is 6.58 Å². The third-order valence-electron chi connectivity index (χ3n) is 0.965. The maximum absolute atomic E-state index is 11.8. The number of carboxylic acid groups (broad SMARTS) is 1. The Kier molecular flexibility index (Phi) is 3.44. The summed E-state index contributed by atoms with van der Waals surface area (Å²) in [6.45, 7) is 4.82. The summed E-state index contributed by atoms with van der Waals surface area (Å²) in [5.41, 5.74) is -0.479. The molecule has 0 bridgehead atoms. The molecule has 0 spiro atoms. The van der Waals surface area contributed by atoms with Crippen LogP contribution in [0, 0.1) is 0 Å². The molecule has 11 heavy (non-hydrogen) atoms. The molecule has 0 aliphatic rings. The van der Waals surface area contributed by atoms with Crippen LogP contribution in [0.25, 0.3) is 0 Å². The number of hydrogen-bond acceptors (Lipinski definition) is 1. The first-order valence-corrected chi connectivity index (χ1v) is 2.87. The topological polar surface area (TPSA) is 37.3 Å². The van der Waals surface area contributed by atoms with Crippen LogP contribution in [0.2, 0.25) is 0 Å². The van der Waals surface area contributed by atoms with Gasteiger partial charge in [-0.1, -0.05) is 12.2 Å². The lowest BCUT2D eigenvalue weighted by atomic mass is 10.1. The highest BCUT2D eigenvalue weighted by Crippen LogP contribution is 2.15. The molecule has 0 aromatic heterocycles. The van der Waals surface area contributed by atoms with Gasteiger partial charge in [0.2, 0.25) is 0 Å². The minimum Gasteiger partial charge on any atom is -0.478 e. The molecule has 0 aromatic carbocycles. The second-order valence-electron chi connectivity index (χ2n) is 2.18. The van der Waals surface area contributed by atoms with Gasteiger partial charge in [0.15, 0.2) is 0 Å². The number of carboxylic acids is 1. The third kappa shape index (κ3) is 3.50. The standard InChI is InChI=1S/C7H8F2O2/c1-4(2)3-5(6(8)9)7(10)11/h1,3H2,2H3,(H,10,11). The Morgan fingerprint density at radius 3 is 2.09 bits per heavy atom. The summed E-state index contributed by atoms with van der Waals surface area (Å²) in [5.74, 6) is -1.59. The van der Waals surface area contributed by atoms with Gasteiger partial charge in [0.1, 0.15) is 5.57 Å². The molecule has 2 nitrogen and oxygen atoms in total. The molecule has 0 radical (unpaired) electrons. The molecule has 0 rings (SSSR count). The van der Waals surface area contributed by atoms with E-state index in [0.717, 1.165) is 0 Å². The van der Waals surface area contributed by atoms with Crippen LogP contribution < -0.4 is 0 Å². The van der Waals surface area contributed by atoms with Crippen molar-refractivity contribution in [3.8, 4) is 0 Å². The monoisotopic (exact) mass is 162 g/mol. The highest BCUT2D eigenvalue weighted by molar-refractivity contribution is 5.87. The second kappa shape index (κ2) is 3.85. The van der Waals surface area contributed by atoms with Gasteiger partial charge < -0.3 is 5.11 Å². The van der Waals surface area contributed by atoms with Crippen molar-refractivity contribution in [1.29, 1.82) is 0 Å². The van der Waals surface area contributed by atoms with Crippen LogP contribution >= 0.6 is 0 Å². The Morgan fingerprint density at radius 1 is 1.55 bits per heavy atom. The van der Waals surface area contributed by atoms with Crippen LogP contribution in [0.3, 0.4) is 0 Å². The fourth-order valence-electron chi connectivity index (χ4n) is 0.525. The highest BCUT2D eigenvalue weighted by Gasteiger charge is 2.14. The predicted molar refractivity (Wildman–Crippen MR) is 36.3 cm³/mol. The minimum atomic E-state index is -2.15. The van der Waals surface area contributed by atoms with Gasteiger partial charge in [-0.3, -0.25) is 0 Å². The van der Waals surface area contributed by atoms with Gasteiger partial charge in [0, 0.05) is 6.42 Å². The first-order valence-electron chi connectivity index (χ1n) is 2.87. The summed E-state index contributed by atoms with van der Waals surface area (Å²) in [5, 5.41) is 8.21. The molecule has 1 N–H and O–H groups in total. The molecule has 0 heterocycles. The van der Waals surface area contributed by atoms with E-state index in [1.807, 2.05) is 0 Å². The van der Waals surface area contributed by atoms with Crippen molar-refractivity contribution in [2.75, 3.05) is 0 Å². The van der Waals surface area contributed by atoms with Crippen LogP contribution in [-0.2, 0) is 4.79 Å². The average Bonchev–Trinajstić information content (AvgIpc) is 1.81. The number of rotatable bonds is 3. The van der Waals surface area contributed by atoms with Gasteiger partial charge in [-0.05, 0) is 6.92 Å². The molecule has 0 saturated heterocycles. The normalized spacial score (nSPS) is 9.00. The quantitative estimate of drug-likeness (QED) is 0.510. The Morgan fingerprint density at radius 2 is 2.00 bits per heavy atom. The van der Waals surface area contributed by atoms with Crippen LogP contribution in [0.4, 0.5) is 8.78 Å². The van der Waals surface area contributed by atoms with Crippen LogP contribution in [-0.4, -0.2) is 11.1 Å². The van der Waals surface area contributed by atoms with Crippen LogP contribution in [0.15, 0.2) is 23.8 Å². The summed E-state index contributed by atoms with van der Waals surface area (Å²) >= 11 is 0. The van der Waals surface area contributed by atoms with Crippen molar-refractivity contribution in [3.63, 3.8) is 0 Å². The molecule has 0 fully saturated rings. The zero-order chi connectivity index (χ0) is 9.02. The van der Waals surface area contributed by atoms with E-state index in [4.69, 9.17) is 5.11 Å². The Hall–Kier alpha value is -1.19. The van der Waals surface area contributed by atoms with Crippen molar-refractivity contribution in [2.24, 2.45) is 0 Å². The molecule has 4 heteroatoms. The van der Waals surface area contributed by atoms with Gasteiger partial charge in [-0.25, -0.2) is 4.79 Å². The second-order valence-corrected chi connectivity index (χ2v) is 2.18. The molecule has 0 amide bonds. The van der Waals surface area contributed by atoms with E-state index in [0.29, 0.717) is 5.57 Å². The van der Waals surface area contributed by atoms with Gasteiger partial charge in [-0.2, -0.15) is 8.78 Å². The van der Waals surface area contributed by atoms with Gasteiger partial charge >= 0.3 is 5.97 Å². The van der Waals surface area contributed by atoms with E-state index in [1.54, 1.807) is 0 Å². The fourth-order valence-corrected chi connectivity index (χ4v) is 0.525. The van der Waals surface area contributed by atoms with Gasteiger partial charge in [-0.15, -0.1) is 0 Å². The van der Waals surface area contributed by atoms with E-state index in [-0.39, 0.29) is 6.42 Å². The first-order chi connectivity index (χ1) is 4.95. The number of aliphatic carboxylic acids is 1. The van der Waals surface area contributed by atoms with Crippen molar-refractivity contribution >= 4 is 5.97 Å². The van der Waals surface area contributed by atoms with E-state index in [1.165, 1.54) is 6.92 Å². The zero-order valence-electron chi connectivity index (χ0n) is 6.03. The number of hydrogen-bond donors (Lipinski definition) is 1. The summed E-state index contributed by atoms with van der Waals surface area (Å²) in [6.07, 6.45) is -2.43. The molecular weight excluding hydrogens is 154 g/mol. The lowest BCUT2D eigenvalue weighted by Crippen LogP contribution is -2.01. The fraction of sp³-hybridized carbons (Fsp3) is 0.286. The van der Waals surface area contributed by atoms with Crippen molar-refractivity contribution in [1.82, 2.24) is 0 Å². The van der Waals surface area contributed by atoms with Crippen molar-refractivity contribution in [3.05, 3.63) is 23.8 Å². The molecule has 0 aromatic rings. The number of allylic oxidation sites excluding steroid dienone is 1. The molecule has 0 aliphatic heterocycles. The molecule has 0 aliphatic carbocycles. The van der Waals surface area contributed by atoms with Crippen molar-refractivity contribution < 1.29 is 18.7 Å². The van der Waals surface area contributed by atoms with E-state index < -0.39 is 17.6 Å². The molecular formula is C7H8F2O2. The first kappa shape index (κ1) is 9.81. The summed E-state index contributed by atoms with van der Waals surface area (Å²) < 4.78 is 23.5. The van der Waals surface area contributed by atoms with Gasteiger partial charge in [0.25, 0.3) is 6.08 Å². The largest absolute Gasteiger partial charge is 0.478 e. The van der Waals surface area contributed by atoms with Crippen LogP contribution in [0.5, 0.6) is 0 Å². The molecule has 0 saturated carbocycles. The number of carbonyl (C=O) groups is 1. The maximum Gasteiger partial charge on any atom is 0.337 e. The molecule has 0 atom stereocenters. The lowest BCUT2D eigenvalue weighted by Gasteiger charge is -1.98. The maximum atomic E-state index is 11.8. The third-order valence-corrected chi connectivity index (χ3v) is 0.965.